The van der Waals surface area contributed by atoms with Crippen LogP contribution in [0.1, 0.15) is 17.8 Å². The summed E-state index contributed by atoms with van der Waals surface area (Å²) >= 11 is 0. The minimum Gasteiger partial charge on any atom is -0.497 e. The average Bonchev–Trinajstić information content (AvgIpc) is 2.61. The minimum absolute atomic E-state index is 0.787. The number of hydrogen-bond donors (Lipinski definition) is 1. The molecule has 0 atom stereocenters. The second kappa shape index (κ2) is 7.24. The number of benzene rings is 1. The van der Waals surface area contributed by atoms with Crippen molar-refractivity contribution in [2.45, 2.75) is 13.3 Å². The van der Waals surface area contributed by atoms with Gasteiger partial charge in [0.05, 0.1) is 13.8 Å². The van der Waals surface area contributed by atoms with Gasteiger partial charge in [-0.25, -0.2) is 9.97 Å². The van der Waals surface area contributed by atoms with E-state index in [-0.39, 0.29) is 0 Å². The number of methoxy groups -OCH3 is 1. The SMILES string of the molecule is COc1ccc(C2=CCN(CNc3ccnc(C)n3)CC2)cc1. The zero-order valence-corrected chi connectivity index (χ0v) is 13.6. The molecule has 0 aliphatic carbocycles. The highest BCUT2D eigenvalue weighted by Gasteiger charge is 2.12. The molecule has 0 radical (unpaired) electrons. The fourth-order valence-corrected chi connectivity index (χ4v) is 2.67. The first kappa shape index (κ1) is 15.5. The Morgan fingerprint density at radius 3 is 2.70 bits per heavy atom. The summed E-state index contributed by atoms with van der Waals surface area (Å²) in [7, 11) is 1.69. The molecule has 1 aromatic heterocycles. The van der Waals surface area contributed by atoms with Gasteiger partial charge in [0.15, 0.2) is 0 Å². The number of aryl methyl sites for hydroxylation is 1. The number of nitrogens with one attached hydrogen (secondary N) is 1. The molecule has 1 N–H and O–H groups in total. The first-order valence-corrected chi connectivity index (χ1v) is 7.84. The number of nitrogens with zero attached hydrogens (tertiary/aromatic N) is 3. The molecule has 2 heterocycles. The first-order valence-electron chi connectivity index (χ1n) is 7.84. The summed E-state index contributed by atoms with van der Waals surface area (Å²) in [6.07, 6.45) is 5.14. The minimum atomic E-state index is 0.787. The Kier molecular flexibility index (Phi) is 4.88. The van der Waals surface area contributed by atoms with Crippen molar-refractivity contribution in [1.82, 2.24) is 14.9 Å². The van der Waals surface area contributed by atoms with Crippen LogP contribution in [0.15, 0.2) is 42.6 Å². The van der Waals surface area contributed by atoms with Crippen LogP contribution >= 0.6 is 0 Å². The van der Waals surface area contributed by atoms with Gasteiger partial charge in [0.25, 0.3) is 0 Å². The van der Waals surface area contributed by atoms with Crippen LogP contribution in [0.25, 0.3) is 5.57 Å². The van der Waals surface area contributed by atoms with Gasteiger partial charge in [-0.05, 0) is 42.7 Å². The van der Waals surface area contributed by atoms with E-state index in [4.69, 9.17) is 4.74 Å². The van der Waals surface area contributed by atoms with Gasteiger partial charge in [0, 0.05) is 19.3 Å². The number of anilines is 1. The fourth-order valence-electron chi connectivity index (χ4n) is 2.67. The molecule has 0 fully saturated rings. The molecular formula is C18H22N4O. The Morgan fingerprint density at radius 2 is 2.04 bits per heavy atom. The second-order valence-electron chi connectivity index (χ2n) is 5.61. The van der Waals surface area contributed by atoms with Crippen molar-refractivity contribution in [3.63, 3.8) is 0 Å². The maximum absolute atomic E-state index is 5.21. The number of rotatable bonds is 5. The van der Waals surface area contributed by atoms with Crippen molar-refractivity contribution in [3.8, 4) is 5.75 Å². The van der Waals surface area contributed by atoms with Crippen LogP contribution in [-0.4, -0.2) is 41.7 Å². The van der Waals surface area contributed by atoms with Gasteiger partial charge in [-0.15, -0.1) is 0 Å². The van der Waals surface area contributed by atoms with E-state index in [0.29, 0.717) is 0 Å². The molecule has 1 aliphatic heterocycles. The summed E-state index contributed by atoms with van der Waals surface area (Å²) < 4.78 is 5.21. The van der Waals surface area contributed by atoms with E-state index < -0.39 is 0 Å². The molecule has 0 saturated carbocycles. The van der Waals surface area contributed by atoms with Crippen LogP contribution in [0.4, 0.5) is 5.82 Å². The molecule has 1 aliphatic rings. The molecule has 0 saturated heterocycles. The van der Waals surface area contributed by atoms with E-state index in [2.05, 4.69) is 38.4 Å². The lowest BCUT2D eigenvalue weighted by Gasteiger charge is -2.26. The van der Waals surface area contributed by atoms with E-state index >= 15 is 0 Å². The topological polar surface area (TPSA) is 50.3 Å². The maximum Gasteiger partial charge on any atom is 0.130 e. The summed E-state index contributed by atoms with van der Waals surface area (Å²) in [5, 5.41) is 3.35. The molecule has 120 valence electrons. The van der Waals surface area contributed by atoms with Crippen LogP contribution in [0, 0.1) is 6.92 Å². The molecule has 2 aromatic rings. The predicted molar refractivity (Wildman–Crippen MR) is 92.4 cm³/mol. The normalized spacial score (nSPS) is 15.1. The Labute approximate surface area is 137 Å². The fraction of sp³-hybridized carbons (Fsp3) is 0.333. The van der Waals surface area contributed by atoms with Crippen LogP contribution in [-0.2, 0) is 0 Å². The number of aromatic nitrogens is 2. The lowest BCUT2D eigenvalue weighted by atomic mass is 9.99. The highest BCUT2D eigenvalue weighted by molar-refractivity contribution is 5.67. The lowest BCUT2D eigenvalue weighted by molar-refractivity contribution is 0.323. The summed E-state index contributed by atoms with van der Waals surface area (Å²) in [5.74, 6) is 2.56. The zero-order valence-electron chi connectivity index (χ0n) is 13.6. The van der Waals surface area contributed by atoms with Crippen LogP contribution in [0.3, 0.4) is 0 Å². The molecule has 0 spiro atoms. The largest absolute Gasteiger partial charge is 0.497 e. The van der Waals surface area contributed by atoms with Crippen molar-refractivity contribution in [1.29, 1.82) is 0 Å². The van der Waals surface area contributed by atoms with Gasteiger partial charge < -0.3 is 10.1 Å². The van der Waals surface area contributed by atoms with Crippen LogP contribution in [0.2, 0.25) is 0 Å². The summed E-state index contributed by atoms with van der Waals surface area (Å²) in [5.41, 5.74) is 2.69. The monoisotopic (exact) mass is 310 g/mol. The van der Waals surface area contributed by atoms with E-state index in [9.17, 15) is 0 Å². The van der Waals surface area contributed by atoms with E-state index in [1.54, 1.807) is 13.3 Å². The molecule has 5 heteroatoms. The predicted octanol–water partition coefficient (Wildman–Crippen LogP) is 2.95. The van der Waals surface area contributed by atoms with Gasteiger partial charge in [-0.3, -0.25) is 4.90 Å². The second-order valence-corrected chi connectivity index (χ2v) is 5.61. The standard InChI is InChI=1S/C18H22N4O/c1-14-19-10-7-18(21-14)20-13-22-11-8-16(9-12-22)15-3-5-17(23-2)6-4-15/h3-8,10H,9,11-13H2,1-2H3,(H,19,20,21). The Hall–Kier alpha value is -2.40. The molecule has 5 nitrogen and oxygen atoms in total. The van der Waals surface area contributed by atoms with E-state index in [1.807, 2.05) is 25.1 Å². The molecule has 1 aromatic carbocycles. The molecule has 23 heavy (non-hydrogen) atoms. The van der Waals surface area contributed by atoms with Crippen molar-refractivity contribution < 1.29 is 4.74 Å². The highest BCUT2D eigenvalue weighted by Crippen LogP contribution is 2.24. The molecule has 0 unspecified atom stereocenters. The summed E-state index contributed by atoms with van der Waals surface area (Å²) in [4.78, 5) is 10.8. The van der Waals surface area contributed by atoms with E-state index in [0.717, 1.165) is 43.6 Å². The van der Waals surface area contributed by atoms with Crippen molar-refractivity contribution >= 4 is 11.4 Å². The number of hydrogen-bond acceptors (Lipinski definition) is 5. The van der Waals surface area contributed by atoms with Crippen LogP contribution in [0.5, 0.6) is 5.75 Å². The van der Waals surface area contributed by atoms with E-state index in [1.165, 1.54) is 11.1 Å². The third kappa shape index (κ3) is 4.07. The van der Waals surface area contributed by atoms with Gasteiger partial charge >= 0.3 is 0 Å². The quantitative estimate of drug-likeness (QED) is 0.920. The Bertz CT molecular complexity index is 682. The van der Waals surface area contributed by atoms with Crippen molar-refractivity contribution in [2.75, 3.05) is 32.2 Å². The molecule has 0 bridgehead atoms. The van der Waals surface area contributed by atoms with Gasteiger partial charge in [0.1, 0.15) is 17.4 Å². The van der Waals surface area contributed by atoms with Gasteiger partial charge in [-0.1, -0.05) is 18.2 Å². The molecular weight excluding hydrogens is 288 g/mol. The number of ether oxygens (including phenoxy) is 1. The molecule has 0 amide bonds. The average molecular weight is 310 g/mol. The summed E-state index contributed by atoms with van der Waals surface area (Å²) in [6, 6.07) is 10.2. The first-order chi connectivity index (χ1) is 11.2. The van der Waals surface area contributed by atoms with Crippen molar-refractivity contribution in [2.24, 2.45) is 0 Å². The smallest absolute Gasteiger partial charge is 0.130 e. The third-order valence-corrected chi connectivity index (χ3v) is 4.01. The highest BCUT2D eigenvalue weighted by atomic mass is 16.5. The Balaban J connectivity index is 1.55. The van der Waals surface area contributed by atoms with Crippen LogP contribution < -0.4 is 10.1 Å². The molecule has 3 rings (SSSR count). The summed E-state index contributed by atoms with van der Waals surface area (Å²) in [6.45, 7) is 4.67. The van der Waals surface area contributed by atoms with Gasteiger partial charge in [-0.2, -0.15) is 0 Å². The zero-order chi connectivity index (χ0) is 16.1. The Morgan fingerprint density at radius 1 is 1.22 bits per heavy atom. The lowest BCUT2D eigenvalue weighted by Crippen LogP contribution is -2.33. The van der Waals surface area contributed by atoms with Crippen molar-refractivity contribution in [3.05, 3.63) is 54.0 Å². The van der Waals surface area contributed by atoms with Gasteiger partial charge in [0.2, 0.25) is 0 Å². The third-order valence-electron chi connectivity index (χ3n) is 4.01. The maximum atomic E-state index is 5.21.